The number of carbonyl (C=O) groups excluding carboxylic acids is 1. The average molecular weight is 295 g/mol. The van der Waals surface area contributed by atoms with E-state index in [-0.39, 0.29) is 5.91 Å². The molecule has 3 rings (SSSR count). The SMILES string of the molecule is CC(=O)Nc1ccc2c(c1)CCCN2Cc1cccc(C)n1. The summed E-state index contributed by atoms with van der Waals surface area (Å²) in [6.07, 6.45) is 2.18. The molecule has 2 aromatic rings. The van der Waals surface area contributed by atoms with E-state index in [2.05, 4.69) is 39.5 Å². The second kappa shape index (κ2) is 6.18. The topological polar surface area (TPSA) is 45.2 Å². The lowest BCUT2D eigenvalue weighted by Gasteiger charge is -2.31. The molecule has 4 heteroatoms. The summed E-state index contributed by atoms with van der Waals surface area (Å²) in [7, 11) is 0. The first-order chi connectivity index (χ1) is 10.6. The van der Waals surface area contributed by atoms with Crippen LogP contribution in [0, 0.1) is 6.92 Å². The fraction of sp³-hybridized carbons (Fsp3) is 0.333. The predicted molar refractivity (Wildman–Crippen MR) is 89.1 cm³/mol. The number of hydrogen-bond donors (Lipinski definition) is 1. The van der Waals surface area contributed by atoms with E-state index in [1.165, 1.54) is 18.2 Å². The molecular formula is C18H21N3O. The summed E-state index contributed by atoms with van der Waals surface area (Å²) in [4.78, 5) is 18.2. The number of pyridine rings is 1. The molecule has 1 N–H and O–H groups in total. The zero-order valence-corrected chi connectivity index (χ0v) is 13.1. The fourth-order valence-electron chi connectivity index (χ4n) is 3.00. The number of benzene rings is 1. The van der Waals surface area contributed by atoms with Crippen LogP contribution >= 0.6 is 0 Å². The Bertz CT molecular complexity index is 696. The molecule has 1 amide bonds. The van der Waals surface area contributed by atoms with E-state index in [0.717, 1.165) is 43.0 Å². The van der Waals surface area contributed by atoms with Crippen LogP contribution in [-0.2, 0) is 17.8 Å². The Morgan fingerprint density at radius 2 is 2.18 bits per heavy atom. The van der Waals surface area contributed by atoms with Crippen molar-refractivity contribution in [1.82, 2.24) is 4.98 Å². The minimum atomic E-state index is -0.0309. The van der Waals surface area contributed by atoms with Gasteiger partial charge in [0.25, 0.3) is 0 Å². The van der Waals surface area contributed by atoms with Crippen LogP contribution in [0.2, 0.25) is 0 Å². The largest absolute Gasteiger partial charge is 0.365 e. The second-order valence-corrected chi connectivity index (χ2v) is 5.82. The Kier molecular flexibility index (Phi) is 4.09. The number of hydrogen-bond acceptors (Lipinski definition) is 3. The summed E-state index contributed by atoms with van der Waals surface area (Å²) in [5.74, 6) is -0.0309. The van der Waals surface area contributed by atoms with Gasteiger partial charge in [-0.05, 0) is 55.7 Å². The zero-order chi connectivity index (χ0) is 15.5. The molecule has 0 atom stereocenters. The van der Waals surface area contributed by atoms with E-state index < -0.39 is 0 Å². The van der Waals surface area contributed by atoms with Gasteiger partial charge in [-0.25, -0.2) is 0 Å². The first-order valence-electron chi connectivity index (χ1n) is 7.70. The molecule has 1 aliphatic heterocycles. The molecule has 4 nitrogen and oxygen atoms in total. The van der Waals surface area contributed by atoms with Crippen LogP contribution in [0.4, 0.5) is 11.4 Å². The molecule has 1 aromatic heterocycles. The maximum atomic E-state index is 11.2. The number of rotatable bonds is 3. The van der Waals surface area contributed by atoms with E-state index in [0.29, 0.717) is 0 Å². The Hall–Kier alpha value is -2.36. The summed E-state index contributed by atoms with van der Waals surface area (Å²) in [6.45, 7) is 5.43. The van der Waals surface area contributed by atoms with Gasteiger partial charge in [-0.15, -0.1) is 0 Å². The number of nitrogens with one attached hydrogen (secondary N) is 1. The molecule has 114 valence electrons. The number of fused-ring (bicyclic) bond motifs is 1. The van der Waals surface area contributed by atoms with Gasteiger partial charge in [0.15, 0.2) is 0 Å². The highest BCUT2D eigenvalue weighted by Crippen LogP contribution is 2.30. The second-order valence-electron chi connectivity index (χ2n) is 5.82. The lowest BCUT2D eigenvalue weighted by molar-refractivity contribution is -0.114. The van der Waals surface area contributed by atoms with Crippen LogP contribution in [0.1, 0.15) is 30.3 Å². The summed E-state index contributed by atoms with van der Waals surface area (Å²) in [6, 6.07) is 12.3. The third-order valence-electron chi connectivity index (χ3n) is 3.91. The smallest absolute Gasteiger partial charge is 0.221 e. The van der Waals surface area contributed by atoms with Crippen molar-refractivity contribution in [1.29, 1.82) is 0 Å². The summed E-state index contributed by atoms with van der Waals surface area (Å²) < 4.78 is 0. The number of anilines is 2. The predicted octanol–water partition coefficient (Wildman–Crippen LogP) is 3.30. The van der Waals surface area contributed by atoms with Gasteiger partial charge in [-0.1, -0.05) is 6.07 Å². The third-order valence-corrected chi connectivity index (χ3v) is 3.91. The van der Waals surface area contributed by atoms with Crippen LogP contribution in [0.3, 0.4) is 0 Å². The van der Waals surface area contributed by atoms with Gasteiger partial charge in [0, 0.05) is 30.5 Å². The van der Waals surface area contributed by atoms with Gasteiger partial charge in [0.1, 0.15) is 0 Å². The molecule has 0 bridgehead atoms. The number of aryl methyl sites for hydroxylation is 2. The van der Waals surface area contributed by atoms with Gasteiger partial charge in [-0.2, -0.15) is 0 Å². The van der Waals surface area contributed by atoms with E-state index >= 15 is 0 Å². The van der Waals surface area contributed by atoms with Crippen molar-refractivity contribution in [2.75, 3.05) is 16.8 Å². The lowest BCUT2D eigenvalue weighted by atomic mass is 10.0. The fourth-order valence-corrected chi connectivity index (χ4v) is 3.00. The van der Waals surface area contributed by atoms with Crippen LogP contribution in [0.15, 0.2) is 36.4 Å². The number of carbonyl (C=O) groups is 1. The Balaban J connectivity index is 1.83. The molecule has 22 heavy (non-hydrogen) atoms. The molecule has 2 heterocycles. The van der Waals surface area contributed by atoms with Crippen LogP contribution < -0.4 is 10.2 Å². The molecular weight excluding hydrogens is 274 g/mol. The Labute approximate surface area is 131 Å². The number of amides is 1. The Morgan fingerprint density at radius 3 is 2.95 bits per heavy atom. The summed E-state index contributed by atoms with van der Waals surface area (Å²) >= 11 is 0. The minimum Gasteiger partial charge on any atom is -0.365 e. The summed E-state index contributed by atoms with van der Waals surface area (Å²) in [5, 5.41) is 2.86. The molecule has 0 aliphatic carbocycles. The molecule has 0 fully saturated rings. The quantitative estimate of drug-likeness (QED) is 0.945. The van der Waals surface area contributed by atoms with Gasteiger partial charge >= 0.3 is 0 Å². The van der Waals surface area contributed by atoms with Gasteiger partial charge in [0.05, 0.1) is 12.2 Å². The average Bonchev–Trinajstić information content (AvgIpc) is 2.46. The van der Waals surface area contributed by atoms with Crippen LogP contribution in [0.25, 0.3) is 0 Å². The van der Waals surface area contributed by atoms with Crippen molar-refractivity contribution in [2.45, 2.75) is 33.2 Å². The van der Waals surface area contributed by atoms with Crippen molar-refractivity contribution < 1.29 is 4.79 Å². The van der Waals surface area contributed by atoms with Crippen molar-refractivity contribution in [3.05, 3.63) is 53.3 Å². The van der Waals surface area contributed by atoms with Crippen molar-refractivity contribution in [3.8, 4) is 0 Å². The maximum Gasteiger partial charge on any atom is 0.221 e. The molecule has 0 unspecified atom stereocenters. The lowest BCUT2D eigenvalue weighted by Crippen LogP contribution is -2.29. The highest BCUT2D eigenvalue weighted by Gasteiger charge is 2.18. The van der Waals surface area contributed by atoms with Gasteiger partial charge in [0.2, 0.25) is 5.91 Å². The highest BCUT2D eigenvalue weighted by molar-refractivity contribution is 5.89. The standard InChI is InChI=1S/C18H21N3O/c1-13-5-3-7-17(19-13)12-21-10-4-6-15-11-16(20-14(2)22)8-9-18(15)21/h3,5,7-9,11H,4,6,10,12H2,1-2H3,(H,20,22). The molecule has 0 saturated heterocycles. The minimum absolute atomic E-state index is 0.0309. The van der Waals surface area contributed by atoms with E-state index in [9.17, 15) is 4.79 Å². The first-order valence-corrected chi connectivity index (χ1v) is 7.70. The first kappa shape index (κ1) is 14.6. The van der Waals surface area contributed by atoms with Crippen molar-refractivity contribution in [2.24, 2.45) is 0 Å². The molecule has 0 saturated carbocycles. The number of nitrogens with zero attached hydrogens (tertiary/aromatic N) is 2. The zero-order valence-electron chi connectivity index (χ0n) is 13.1. The maximum absolute atomic E-state index is 11.2. The van der Waals surface area contributed by atoms with E-state index in [1.54, 1.807) is 0 Å². The molecule has 1 aliphatic rings. The van der Waals surface area contributed by atoms with E-state index in [1.807, 2.05) is 19.1 Å². The van der Waals surface area contributed by atoms with Crippen LogP contribution in [-0.4, -0.2) is 17.4 Å². The monoisotopic (exact) mass is 295 g/mol. The molecule has 0 radical (unpaired) electrons. The van der Waals surface area contributed by atoms with Crippen molar-refractivity contribution in [3.63, 3.8) is 0 Å². The highest BCUT2D eigenvalue weighted by atomic mass is 16.1. The summed E-state index contributed by atoms with van der Waals surface area (Å²) in [5.41, 5.74) is 5.57. The van der Waals surface area contributed by atoms with Gasteiger partial charge < -0.3 is 10.2 Å². The van der Waals surface area contributed by atoms with Crippen LogP contribution in [0.5, 0.6) is 0 Å². The third kappa shape index (κ3) is 3.27. The Morgan fingerprint density at radius 1 is 1.32 bits per heavy atom. The molecule has 1 aromatic carbocycles. The number of aromatic nitrogens is 1. The van der Waals surface area contributed by atoms with Crippen molar-refractivity contribution >= 4 is 17.3 Å². The van der Waals surface area contributed by atoms with E-state index in [4.69, 9.17) is 0 Å². The van der Waals surface area contributed by atoms with Gasteiger partial charge in [-0.3, -0.25) is 9.78 Å². The molecule has 0 spiro atoms. The normalized spacial score (nSPS) is 13.6.